The van der Waals surface area contributed by atoms with Crippen LogP contribution in [0.15, 0.2) is 0 Å². The van der Waals surface area contributed by atoms with E-state index < -0.39 is 23.7 Å². The molecule has 1 fully saturated rings. The molecule has 1 aliphatic rings. The van der Waals surface area contributed by atoms with E-state index in [1.807, 2.05) is 0 Å². The van der Waals surface area contributed by atoms with Crippen molar-refractivity contribution in [2.45, 2.75) is 70.6 Å². The molecule has 1 aliphatic carbocycles. The summed E-state index contributed by atoms with van der Waals surface area (Å²) in [7, 11) is 0. The molecule has 0 unspecified atom stereocenters. The zero-order valence-corrected chi connectivity index (χ0v) is 11.1. The molecule has 3 N–H and O–H groups in total. The summed E-state index contributed by atoms with van der Waals surface area (Å²) in [5.74, 6) is -0.359. The molecule has 1 rings (SSSR count). The number of hydrogen-bond acceptors (Lipinski definition) is 4. The normalized spacial score (nSPS) is 21.9. The van der Waals surface area contributed by atoms with E-state index in [9.17, 15) is 9.90 Å². The Morgan fingerprint density at radius 3 is 2.29 bits per heavy atom. The maximum Gasteiger partial charge on any atom is 0.326 e. The van der Waals surface area contributed by atoms with Gasteiger partial charge in [0, 0.05) is 0 Å². The maximum atomic E-state index is 11.7. The zero-order valence-electron chi connectivity index (χ0n) is 11.1. The van der Waals surface area contributed by atoms with E-state index in [4.69, 9.17) is 10.5 Å². The highest BCUT2D eigenvalue weighted by Crippen LogP contribution is 2.27. The first kappa shape index (κ1) is 14.5. The van der Waals surface area contributed by atoms with E-state index in [1.54, 1.807) is 20.8 Å². The average Bonchev–Trinajstić information content (AvgIpc) is 2.26. The molecule has 0 amide bonds. The molecule has 0 bridgehead atoms. The number of hydrogen-bond donors (Lipinski definition) is 2. The van der Waals surface area contributed by atoms with Gasteiger partial charge in [-0.25, -0.2) is 0 Å². The lowest BCUT2D eigenvalue weighted by Crippen LogP contribution is -2.48. The molecule has 4 nitrogen and oxygen atoms in total. The fourth-order valence-corrected chi connectivity index (χ4v) is 2.28. The highest BCUT2D eigenvalue weighted by Gasteiger charge is 2.33. The Labute approximate surface area is 104 Å². The number of aliphatic hydroxyl groups is 1. The van der Waals surface area contributed by atoms with Crippen molar-refractivity contribution in [1.29, 1.82) is 0 Å². The van der Waals surface area contributed by atoms with E-state index in [1.165, 1.54) is 6.42 Å². The first-order chi connectivity index (χ1) is 7.81. The molecule has 0 aliphatic heterocycles. The highest BCUT2D eigenvalue weighted by atomic mass is 16.6. The van der Waals surface area contributed by atoms with Crippen LogP contribution in [0.4, 0.5) is 0 Å². The van der Waals surface area contributed by atoms with Crippen molar-refractivity contribution < 1.29 is 14.6 Å². The van der Waals surface area contributed by atoms with Crippen molar-refractivity contribution in [3.8, 4) is 0 Å². The molecular weight excluding hydrogens is 218 g/mol. The lowest BCUT2D eigenvalue weighted by molar-refractivity contribution is -0.160. The maximum absolute atomic E-state index is 11.7. The molecule has 100 valence electrons. The molecule has 0 radical (unpaired) electrons. The van der Waals surface area contributed by atoms with E-state index >= 15 is 0 Å². The van der Waals surface area contributed by atoms with Crippen molar-refractivity contribution in [1.82, 2.24) is 0 Å². The second-order valence-corrected chi connectivity index (χ2v) is 5.95. The molecule has 0 saturated heterocycles. The summed E-state index contributed by atoms with van der Waals surface area (Å²) < 4.78 is 5.19. The van der Waals surface area contributed by atoms with Gasteiger partial charge in [-0.05, 0) is 39.5 Å². The number of aliphatic hydroxyl groups excluding tert-OH is 1. The molecule has 2 atom stereocenters. The van der Waals surface area contributed by atoms with Gasteiger partial charge in [0.2, 0.25) is 0 Å². The fraction of sp³-hybridized carbons (Fsp3) is 0.923. The lowest BCUT2D eigenvalue weighted by atomic mass is 9.83. The summed E-state index contributed by atoms with van der Waals surface area (Å²) in [6, 6.07) is -0.919. The van der Waals surface area contributed by atoms with Crippen LogP contribution in [0.3, 0.4) is 0 Å². The summed E-state index contributed by atoms with van der Waals surface area (Å²) in [4.78, 5) is 11.7. The van der Waals surface area contributed by atoms with Crippen LogP contribution < -0.4 is 5.73 Å². The summed E-state index contributed by atoms with van der Waals surface area (Å²) in [6.07, 6.45) is 4.58. The van der Waals surface area contributed by atoms with Crippen molar-refractivity contribution in [3.05, 3.63) is 0 Å². The number of nitrogens with two attached hydrogens (primary N) is 1. The van der Waals surface area contributed by atoms with Crippen LogP contribution in [-0.2, 0) is 9.53 Å². The Kier molecular flexibility index (Phi) is 4.95. The van der Waals surface area contributed by atoms with Gasteiger partial charge < -0.3 is 15.6 Å². The predicted octanol–water partition coefficient (Wildman–Crippen LogP) is 1.60. The Hall–Kier alpha value is -0.610. The third-order valence-corrected chi connectivity index (χ3v) is 3.18. The van der Waals surface area contributed by atoms with Crippen LogP contribution in [-0.4, -0.2) is 28.8 Å². The Bertz CT molecular complexity index is 254. The van der Waals surface area contributed by atoms with Gasteiger partial charge in [-0.15, -0.1) is 0 Å². The van der Waals surface area contributed by atoms with E-state index in [0.717, 1.165) is 25.7 Å². The van der Waals surface area contributed by atoms with E-state index in [2.05, 4.69) is 0 Å². The van der Waals surface area contributed by atoms with Gasteiger partial charge in [0.05, 0.1) is 6.10 Å². The zero-order chi connectivity index (χ0) is 13.1. The van der Waals surface area contributed by atoms with Gasteiger partial charge >= 0.3 is 5.97 Å². The SMILES string of the molecule is CC(C)(C)OC(=O)[C@H](N)[C@H](O)C1CCCCC1. The second kappa shape index (κ2) is 5.83. The average molecular weight is 243 g/mol. The molecule has 0 spiro atoms. The van der Waals surface area contributed by atoms with Gasteiger partial charge in [0.15, 0.2) is 0 Å². The Balaban J connectivity index is 2.50. The second-order valence-electron chi connectivity index (χ2n) is 5.95. The smallest absolute Gasteiger partial charge is 0.326 e. The number of ether oxygens (including phenoxy) is 1. The summed E-state index contributed by atoms with van der Waals surface area (Å²) >= 11 is 0. The predicted molar refractivity (Wildman–Crippen MR) is 66.4 cm³/mol. The van der Waals surface area contributed by atoms with Crippen molar-refractivity contribution in [3.63, 3.8) is 0 Å². The fourth-order valence-electron chi connectivity index (χ4n) is 2.28. The number of carbonyl (C=O) groups is 1. The van der Waals surface area contributed by atoms with Crippen LogP contribution >= 0.6 is 0 Å². The molecular formula is C13H25NO3. The molecule has 4 heteroatoms. The van der Waals surface area contributed by atoms with Crippen LogP contribution in [0, 0.1) is 5.92 Å². The molecule has 0 heterocycles. The monoisotopic (exact) mass is 243 g/mol. The molecule has 17 heavy (non-hydrogen) atoms. The summed E-state index contributed by atoms with van der Waals surface area (Å²) in [6.45, 7) is 5.39. The molecule has 1 saturated carbocycles. The van der Waals surface area contributed by atoms with Crippen LogP contribution in [0.1, 0.15) is 52.9 Å². The minimum absolute atomic E-state index is 0.145. The first-order valence-corrected chi connectivity index (χ1v) is 6.48. The van der Waals surface area contributed by atoms with Gasteiger partial charge in [-0.3, -0.25) is 4.79 Å². The third kappa shape index (κ3) is 4.64. The van der Waals surface area contributed by atoms with Crippen molar-refractivity contribution >= 4 is 5.97 Å². The quantitative estimate of drug-likeness (QED) is 0.738. The topological polar surface area (TPSA) is 72.5 Å². The van der Waals surface area contributed by atoms with Gasteiger partial charge in [0.25, 0.3) is 0 Å². The number of rotatable bonds is 3. The molecule has 0 aromatic carbocycles. The first-order valence-electron chi connectivity index (χ1n) is 6.48. The molecule has 0 aromatic heterocycles. The number of esters is 1. The van der Waals surface area contributed by atoms with Gasteiger partial charge in [-0.1, -0.05) is 19.3 Å². The minimum Gasteiger partial charge on any atom is -0.459 e. The Morgan fingerprint density at radius 2 is 1.82 bits per heavy atom. The van der Waals surface area contributed by atoms with Crippen LogP contribution in [0.2, 0.25) is 0 Å². The van der Waals surface area contributed by atoms with Gasteiger partial charge in [-0.2, -0.15) is 0 Å². The van der Waals surface area contributed by atoms with Crippen LogP contribution in [0.5, 0.6) is 0 Å². The Morgan fingerprint density at radius 1 is 1.29 bits per heavy atom. The van der Waals surface area contributed by atoms with Crippen LogP contribution in [0.25, 0.3) is 0 Å². The molecule has 0 aromatic rings. The van der Waals surface area contributed by atoms with Crippen molar-refractivity contribution in [2.24, 2.45) is 11.7 Å². The van der Waals surface area contributed by atoms with Gasteiger partial charge in [0.1, 0.15) is 11.6 Å². The third-order valence-electron chi connectivity index (χ3n) is 3.18. The van der Waals surface area contributed by atoms with E-state index in [0.29, 0.717) is 0 Å². The standard InChI is InChI=1S/C13H25NO3/c1-13(2,3)17-12(16)10(14)11(15)9-7-5-4-6-8-9/h9-11,15H,4-8,14H2,1-3H3/t10-,11-/m1/s1. The highest BCUT2D eigenvalue weighted by molar-refractivity contribution is 5.76. The number of carbonyl (C=O) groups excluding carboxylic acids is 1. The summed E-state index contributed by atoms with van der Waals surface area (Å²) in [5, 5.41) is 10.1. The lowest BCUT2D eigenvalue weighted by Gasteiger charge is -2.31. The minimum atomic E-state index is -0.919. The van der Waals surface area contributed by atoms with Crippen molar-refractivity contribution in [2.75, 3.05) is 0 Å². The largest absolute Gasteiger partial charge is 0.459 e. The van der Waals surface area contributed by atoms with E-state index in [-0.39, 0.29) is 5.92 Å². The summed E-state index contributed by atoms with van der Waals surface area (Å²) in [5.41, 5.74) is 5.22.